The minimum Gasteiger partial charge on any atom is -0.415 e. The van der Waals surface area contributed by atoms with Crippen LogP contribution in [0.4, 0.5) is 17.6 Å². The van der Waals surface area contributed by atoms with Crippen LogP contribution in [0.1, 0.15) is 23.4 Å². The number of nitrogens with two attached hydrogens (primary N) is 1. The third kappa shape index (κ3) is 3.79. The van der Waals surface area contributed by atoms with E-state index in [2.05, 4.69) is 24.9 Å². The topological polar surface area (TPSA) is 95.7 Å². The monoisotopic (exact) mass is 418 g/mol. The maximum atomic E-state index is 14.9. The molecule has 30 heavy (non-hydrogen) atoms. The van der Waals surface area contributed by atoms with Gasteiger partial charge in [-0.25, -0.2) is 13.5 Å². The molecule has 0 saturated carbocycles. The van der Waals surface area contributed by atoms with Crippen LogP contribution in [0.5, 0.6) is 0 Å². The predicted octanol–water partition coefficient (Wildman–Crippen LogP) is 3.72. The Morgan fingerprint density at radius 3 is 2.43 bits per heavy atom. The minimum absolute atomic E-state index is 0.0399. The fourth-order valence-electron chi connectivity index (χ4n) is 2.83. The zero-order valence-corrected chi connectivity index (χ0v) is 15.3. The van der Waals surface area contributed by atoms with Crippen molar-refractivity contribution in [1.29, 1.82) is 0 Å². The highest BCUT2D eigenvalue weighted by atomic mass is 19.3. The molecule has 0 aliphatic rings. The van der Waals surface area contributed by atoms with Gasteiger partial charge in [-0.3, -0.25) is 0 Å². The van der Waals surface area contributed by atoms with Crippen LogP contribution in [0.15, 0.2) is 47.0 Å². The van der Waals surface area contributed by atoms with Crippen molar-refractivity contribution in [3.8, 4) is 22.7 Å². The van der Waals surface area contributed by atoms with Gasteiger partial charge in [0.05, 0.1) is 12.7 Å². The van der Waals surface area contributed by atoms with E-state index in [1.54, 1.807) is 6.20 Å². The van der Waals surface area contributed by atoms with Crippen molar-refractivity contribution in [1.82, 2.24) is 25.2 Å². The Bertz CT molecular complexity index is 1170. The SMILES string of the molecule is NCc1ccc(-c2cn(Cc3ccc(F)c(-c4nnc(C(F)F)o4)c3F)nn2)cc1. The summed E-state index contributed by atoms with van der Waals surface area (Å²) < 4.78 is 60.4. The van der Waals surface area contributed by atoms with E-state index in [-0.39, 0.29) is 12.1 Å². The molecular formula is C19H14F4N6O. The van der Waals surface area contributed by atoms with Gasteiger partial charge in [0.1, 0.15) is 22.9 Å². The molecule has 4 rings (SSSR count). The van der Waals surface area contributed by atoms with Crippen molar-refractivity contribution < 1.29 is 22.0 Å². The average molecular weight is 418 g/mol. The van der Waals surface area contributed by atoms with Crippen molar-refractivity contribution in [3.05, 3.63) is 71.2 Å². The lowest BCUT2D eigenvalue weighted by Gasteiger charge is -2.07. The zero-order valence-electron chi connectivity index (χ0n) is 15.3. The van der Waals surface area contributed by atoms with E-state index < -0.39 is 35.4 Å². The quantitative estimate of drug-likeness (QED) is 0.480. The van der Waals surface area contributed by atoms with E-state index in [0.717, 1.165) is 17.2 Å². The van der Waals surface area contributed by atoms with Crippen LogP contribution >= 0.6 is 0 Å². The molecular weight excluding hydrogens is 404 g/mol. The van der Waals surface area contributed by atoms with Gasteiger partial charge in [-0.05, 0) is 11.6 Å². The van der Waals surface area contributed by atoms with Crippen molar-refractivity contribution in [2.75, 3.05) is 0 Å². The van der Waals surface area contributed by atoms with E-state index in [0.29, 0.717) is 12.2 Å². The number of alkyl halides is 2. The molecule has 0 aliphatic carbocycles. The maximum Gasteiger partial charge on any atom is 0.314 e. The first-order valence-corrected chi connectivity index (χ1v) is 8.74. The van der Waals surface area contributed by atoms with Gasteiger partial charge in [-0.1, -0.05) is 35.5 Å². The minimum atomic E-state index is -3.05. The molecule has 0 atom stereocenters. The highest BCUT2D eigenvalue weighted by Crippen LogP contribution is 2.29. The van der Waals surface area contributed by atoms with E-state index in [4.69, 9.17) is 5.73 Å². The Hall–Kier alpha value is -3.60. The molecule has 7 nitrogen and oxygen atoms in total. The summed E-state index contributed by atoms with van der Waals surface area (Å²) in [6.45, 7) is 0.334. The molecule has 0 unspecified atom stereocenters. The first-order valence-electron chi connectivity index (χ1n) is 8.74. The van der Waals surface area contributed by atoms with Gasteiger partial charge in [-0.2, -0.15) is 8.78 Å². The second-order valence-electron chi connectivity index (χ2n) is 6.34. The summed E-state index contributed by atoms with van der Waals surface area (Å²) in [5.74, 6) is -3.71. The number of rotatable bonds is 6. The third-order valence-electron chi connectivity index (χ3n) is 4.37. The molecule has 0 radical (unpaired) electrons. The van der Waals surface area contributed by atoms with Gasteiger partial charge in [0, 0.05) is 17.7 Å². The highest BCUT2D eigenvalue weighted by molar-refractivity contribution is 5.58. The normalized spacial score (nSPS) is 11.4. The zero-order chi connectivity index (χ0) is 21.3. The van der Waals surface area contributed by atoms with Gasteiger partial charge in [-0.15, -0.1) is 15.3 Å². The Morgan fingerprint density at radius 1 is 1.00 bits per heavy atom. The molecule has 0 spiro atoms. The molecule has 0 fully saturated rings. The molecule has 154 valence electrons. The summed E-state index contributed by atoms with van der Waals surface area (Å²) in [5.41, 5.74) is 7.25. The Labute approximate surface area is 167 Å². The predicted molar refractivity (Wildman–Crippen MR) is 97.1 cm³/mol. The number of halogens is 4. The number of aromatic nitrogens is 5. The molecule has 0 saturated heterocycles. The summed E-state index contributed by atoms with van der Waals surface area (Å²) in [7, 11) is 0. The first kappa shape index (κ1) is 19.7. The summed E-state index contributed by atoms with van der Waals surface area (Å²) >= 11 is 0. The lowest BCUT2D eigenvalue weighted by molar-refractivity contribution is 0.116. The van der Waals surface area contributed by atoms with Crippen molar-refractivity contribution >= 4 is 0 Å². The average Bonchev–Trinajstić information content (AvgIpc) is 3.41. The molecule has 2 aromatic carbocycles. The number of hydrogen-bond acceptors (Lipinski definition) is 6. The summed E-state index contributed by atoms with van der Waals surface area (Å²) in [5, 5.41) is 14.4. The van der Waals surface area contributed by atoms with E-state index in [1.165, 1.54) is 10.7 Å². The second kappa shape index (κ2) is 8.03. The van der Waals surface area contributed by atoms with Crippen LogP contribution in [-0.4, -0.2) is 25.2 Å². The van der Waals surface area contributed by atoms with Crippen molar-refractivity contribution in [3.63, 3.8) is 0 Å². The van der Waals surface area contributed by atoms with Gasteiger partial charge in [0.2, 0.25) is 0 Å². The highest BCUT2D eigenvalue weighted by Gasteiger charge is 2.24. The third-order valence-corrected chi connectivity index (χ3v) is 4.37. The van der Waals surface area contributed by atoms with Gasteiger partial charge >= 0.3 is 6.43 Å². The fourth-order valence-corrected chi connectivity index (χ4v) is 2.83. The molecule has 0 amide bonds. The lowest BCUT2D eigenvalue weighted by atomic mass is 10.1. The number of benzene rings is 2. The molecule has 0 bridgehead atoms. The summed E-state index contributed by atoms with van der Waals surface area (Å²) in [6, 6.07) is 9.60. The Morgan fingerprint density at radius 2 is 1.77 bits per heavy atom. The van der Waals surface area contributed by atoms with E-state index in [1.807, 2.05) is 24.3 Å². The van der Waals surface area contributed by atoms with Gasteiger partial charge < -0.3 is 10.2 Å². The van der Waals surface area contributed by atoms with E-state index in [9.17, 15) is 17.6 Å². The van der Waals surface area contributed by atoms with E-state index >= 15 is 0 Å². The van der Waals surface area contributed by atoms with Crippen LogP contribution in [0, 0.1) is 11.6 Å². The van der Waals surface area contributed by atoms with Crippen molar-refractivity contribution in [2.45, 2.75) is 19.5 Å². The Balaban J connectivity index is 1.61. The number of nitrogens with zero attached hydrogens (tertiary/aromatic N) is 5. The molecule has 2 aromatic heterocycles. The maximum absolute atomic E-state index is 14.9. The van der Waals surface area contributed by atoms with Crippen LogP contribution in [-0.2, 0) is 13.1 Å². The largest absolute Gasteiger partial charge is 0.415 e. The standard InChI is InChI=1S/C19H14F4N6O/c20-13-6-5-12(16(21)15(13)18-26-27-19(30-18)17(22)23)8-29-9-14(25-28-29)11-3-1-10(7-24)2-4-11/h1-6,9,17H,7-8,24H2. The van der Waals surface area contributed by atoms with Crippen LogP contribution in [0.3, 0.4) is 0 Å². The van der Waals surface area contributed by atoms with Crippen LogP contribution in [0.25, 0.3) is 22.7 Å². The molecule has 11 heteroatoms. The number of hydrogen-bond donors (Lipinski definition) is 1. The molecule has 2 N–H and O–H groups in total. The summed E-state index contributed by atoms with van der Waals surface area (Å²) in [4.78, 5) is 0. The molecule has 0 aliphatic heterocycles. The lowest BCUT2D eigenvalue weighted by Crippen LogP contribution is -2.05. The first-order chi connectivity index (χ1) is 14.5. The molecule has 2 heterocycles. The second-order valence-corrected chi connectivity index (χ2v) is 6.34. The van der Waals surface area contributed by atoms with Gasteiger partial charge in [0.15, 0.2) is 0 Å². The van der Waals surface area contributed by atoms with Crippen LogP contribution in [0.2, 0.25) is 0 Å². The molecule has 4 aromatic rings. The fraction of sp³-hybridized carbons (Fsp3) is 0.158. The Kier molecular flexibility index (Phi) is 5.27. The summed E-state index contributed by atoms with van der Waals surface area (Å²) in [6.07, 6.45) is -1.45. The van der Waals surface area contributed by atoms with Gasteiger partial charge in [0.25, 0.3) is 11.8 Å². The van der Waals surface area contributed by atoms with Crippen LogP contribution < -0.4 is 5.73 Å². The smallest absolute Gasteiger partial charge is 0.314 e. The van der Waals surface area contributed by atoms with Crippen molar-refractivity contribution in [2.24, 2.45) is 5.73 Å².